The smallest absolute Gasteiger partial charge is 0.240 e. The Morgan fingerprint density at radius 1 is 1.35 bits per heavy atom. The van der Waals surface area contributed by atoms with E-state index in [1.54, 1.807) is 7.11 Å². The van der Waals surface area contributed by atoms with Crippen LogP contribution in [0.1, 0.15) is 24.0 Å². The van der Waals surface area contributed by atoms with E-state index in [-0.39, 0.29) is 5.91 Å². The third kappa shape index (κ3) is 3.05. The Balaban J connectivity index is 1.84. The summed E-state index contributed by atoms with van der Waals surface area (Å²) in [6.07, 6.45) is 1.59. The number of nitrogens with two attached hydrogens (primary N) is 1. The molecule has 0 aliphatic heterocycles. The van der Waals surface area contributed by atoms with Gasteiger partial charge in [0.1, 0.15) is 0 Å². The van der Waals surface area contributed by atoms with Crippen LogP contribution in [0, 0.1) is 0 Å². The molecular weight excluding hydrogens is 216 g/mol. The van der Waals surface area contributed by atoms with E-state index < -0.39 is 5.54 Å². The molecule has 0 aromatic heterocycles. The number of hydrogen-bond donors (Lipinski definition) is 2. The van der Waals surface area contributed by atoms with Crippen molar-refractivity contribution in [2.45, 2.75) is 31.5 Å². The normalized spacial score (nSPS) is 16.6. The molecule has 1 fully saturated rings. The highest BCUT2D eigenvalue weighted by Crippen LogP contribution is 2.32. The average Bonchev–Trinajstić information content (AvgIpc) is 3.08. The maximum atomic E-state index is 11.6. The number of amides is 1. The fourth-order valence-electron chi connectivity index (χ4n) is 1.64. The molecule has 1 aliphatic rings. The van der Waals surface area contributed by atoms with Crippen molar-refractivity contribution in [3.63, 3.8) is 0 Å². The van der Waals surface area contributed by atoms with Gasteiger partial charge in [-0.15, -0.1) is 0 Å². The monoisotopic (exact) mass is 234 g/mol. The van der Waals surface area contributed by atoms with Gasteiger partial charge in [0.05, 0.1) is 12.1 Å². The highest BCUT2D eigenvalue weighted by atomic mass is 16.5. The van der Waals surface area contributed by atoms with Crippen LogP contribution in [-0.4, -0.2) is 18.6 Å². The molecule has 1 aromatic rings. The van der Waals surface area contributed by atoms with Crippen molar-refractivity contribution in [3.05, 3.63) is 35.4 Å². The third-order valence-corrected chi connectivity index (χ3v) is 3.03. The van der Waals surface area contributed by atoms with Crippen molar-refractivity contribution >= 4 is 5.91 Å². The Bertz CT molecular complexity index is 396. The molecule has 2 rings (SSSR count). The van der Waals surface area contributed by atoms with Crippen LogP contribution in [-0.2, 0) is 22.7 Å². The molecule has 1 aromatic carbocycles. The molecule has 0 saturated heterocycles. The van der Waals surface area contributed by atoms with Gasteiger partial charge in [0.2, 0.25) is 5.91 Å². The number of ether oxygens (including phenoxy) is 1. The SMILES string of the molecule is COCc1ccc(CNC(=O)C2(N)CC2)cc1. The third-order valence-electron chi connectivity index (χ3n) is 3.03. The van der Waals surface area contributed by atoms with Crippen LogP contribution in [0.2, 0.25) is 0 Å². The highest BCUT2D eigenvalue weighted by molar-refractivity contribution is 5.88. The summed E-state index contributed by atoms with van der Waals surface area (Å²) in [6, 6.07) is 7.98. The van der Waals surface area contributed by atoms with Gasteiger partial charge in [0.15, 0.2) is 0 Å². The Morgan fingerprint density at radius 3 is 2.47 bits per heavy atom. The first-order valence-corrected chi connectivity index (χ1v) is 5.78. The fraction of sp³-hybridized carbons (Fsp3) is 0.462. The summed E-state index contributed by atoms with van der Waals surface area (Å²) in [5.74, 6) is -0.0431. The number of carbonyl (C=O) groups is 1. The van der Waals surface area contributed by atoms with Gasteiger partial charge in [-0.3, -0.25) is 4.79 Å². The summed E-state index contributed by atoms with van der Waals surface area (Å²) < 4.78 is 5.03. The Labute approximate surface area is 101 Å². The van der Waals surface area contributed by atoms with E-state index in [1.165, 1.54) is 0 Å². The van der Waals surface area contributed by atoms with Crippen molar-refractivity contribution in [1.82, 2.24) is 5.32 Å². The summed E-state index contributed by atoms with van der Waals surface area (Å²) in [5.41, 5.74) is 7.40. The first-order valence-electron chi connectivity index (χ1n) is 5.78. The zero-order valence-corrected chi connectivity index (χ0v) is 10.0. The van der Waals surface area contributed by atoms with Gasteiger partial charge in [-0.1, -0.05) is 24.3 Å². The molecule has 0 spiro atoms. The number of carbonyl (C=O) groups excluding carboxylic acids is 1. The maximum absolute atomic E-state index is 11.6. The van der Waals surface area contributed by atoms with E-state index in [0.717, 1.165) is 24.0 Å². The number of methoxy groups -OCH3 is 1. The van der Waals surface area contributed by atoms with E-state index >= 15 is 0 Å². The zero-order valence-electron chi connectivity index (χ0n) is 10.0. The van der Waals surface area contributed by atoms with Gasteiger partial charge in [0.25, 0.3) is 0 Å². The van der Waals surface area contributed by atoms with E-state index in [1.807, 2.05) is 24.3 Å². The molecule has 0 unspecified atom stereocenters. The fourth-order valence-corrected chi connectivity index (χ4v) is 1.64. The van der Waals surface area contributed by atoms with Crippen LogP contribution in [0.3, 0.4) is 0 Å². The summed E-state index contributed by atoms with van der Waals surface area (Å²) >= 11 is 0. The van der Waals surface area contributed by atoms with E-state index in [2.05, 4.69) is 5.32 Å². The van der Waals surface area contributed by atoms with Crippen LogP contribution in [0.25, 0.3) is 0 Å². The lowest BCUT2D eigenvalue weighted by Gasteiger charge is -2.10. The average molecular weight is 234 g/mol. The number of benzene rings is 1. The minimum atomic E-state index is -0.587. The number of hydrogen-bond acceptors (Lipinski definition) is 3. The largest absolute Gasteiger partial charge is 0.380 e. The molecule has 0 bridgehead atoms. The maximum Gasteiger partial charge on any atom is 0.240 e. The molecule has 4 nitrogen and oxygen atoms in total. The molecular formula is C13H18N2O2. The van der Waals surface area contributed by atoms with Gasteiger partial charge in [0, 0.05) is 13.7 Å². The molecule has 17 heavy (non-hydrogen) atoms. The lowest BCUT2D eigenvalue weighted by molar-refractivity contribution is -0.123. The van der Waals surface area contributed by atoms with Gasteiger partial charge in [-0.2, -0.15) is 0 Å². The molecule has 1 amide bonds. The molecule has 92 valence electrons. The van der Waals surface area contributed by atoms with Crippen LogP contribution in [0.4, 0.5) is 0 Å². The lowest BCUT2D eigenvalue weighted by atomic mass is 10.1. The van der Waals surface area contributed by atoms with Crippen molar-refractivity contribution in [2.24, 2.45) is 5.73 Å². The Hall–Kier alpha value is -1.39. The van der Waals surface area contributed by atoms with Gasteiger partial charge in [-0.25, -0.2) is 0 Å². The summed E-state index contributed by atoms with van der Waals surface area (Å²) in [5, 5.41) is 2.86. The minimum absolute atomic E-state index is 0.0431. The molecule has 0 radical (unpaired) electrons. The molecule has 4 heteroatoms. The van der Waals surface area contributed by atoms with Crippen LogP contribution in [0.15, 0.2) is 24.3 Å². The van der Waals surface area contributed by atoms with Gasteiger partial charge in [-0.05, 0) is 24.0 Å². The molecule has 1 saturated carbocycles. The Kier molecular flexibility index (Phi) is 3.45. The topological polar surface area (TPSA) is 64.3 Å². The molecule has 0 heterocycles. The summed E-state index contributed by atoms with van der Waals surface area (Å²) in [6.45, 7) is 1.14. The van der Waals surface area contributed by atoms with Gasteiger partial charge >= 0.3 is 0 Å². The van der Waals surface area contributed by atoms with Crippen LogP contribution < -0.4 is 11.1 Å². The number of rotatable bonds is 5. The Morgan fingerprint density at radius 2 is 1.94 bits per heavy atom. The first kappa shape index (κ1) is 12.1. The lowest BCUT2D eigenvalue weighted by Crippen LogP contribution is -2.42. The quantitative estimate of drug-likeness (QED) is 0.797. The van der Waals surface area contributed by atoms with Crippen molar-refractivity contribution < 1.29 is 9.53 Å². The van der Waals surface area contributed by atoms with Crippen molar-refractivity contribution in [3.8, 4) is 0 Å². The minimum Gasteiger partial charge on any atom is -0.380 e. The van der Waals surface area contributed by atoms with E-state index in [4.69, 9.17) is 10.5 Å². The zero-order chi connectivity index (χ0) is 12.3. The van der Waals surface area contributed by atoms with E-state index in [0.29, 0.717) is 13.2 Å². The predicted octanol–water partition coefficient (Wildman–Crippen LogP) is 0.940. The number of nitrogens with one attached hydrogen (secondary N) is 1. The molecule has 1 aliphatic carbocycles. The predicted molar refractivity (Wildman–Crippen MR) is 65.2 cm³/mol. The van der Waals surface area contributed by atoms with Crippen molar-refractivity contribution in [1.29, 1.82) is 0 Å². The standard InChI is InChI=1S/C13H18N2O2/c1-17-9-11-4-2-10(3-5-11)8-15-12(16)13(14)6-7-13/h2-5H,6-9,14H2,1H3,(H,15,16). The second-order valence-corrected chi connectivity index (χ2v) is 4.59. The summed E-state index contributed by atoms with van der Waals surface area (Å²) in [7, 11) is 1.67. The van der Waals surface area contributed by atoms with Crippen LogP contribution >= 0.6 is 0 Å². The molecule has 3 N–H and O–H groups in total. The molecule has 0 atom stereocenters. The van der Waals surface area contributed by atoms with Crippen molar-refractivity contribution in [2.75, 3.05) is 7.11 Å². The summed E-state index contributed by atoms with van der Waals surface area (Å²) in [4.78, 5) is 11.6. The first-order chi connectivity index (χ1) is 8.14. The second kappa shape index (κ2) is 4.85. The van der Waals surface area contributed by atoms with Crippen LogP contribution in [0.5, 0.6) is 0 Å². The second-order valence-electron chi connectivity index (χ2n) is 4.59. The van der Waals surface area contributed by atoms with E-state index in [9.17, 15) is 4.79 Å². The van der Waals surface area contributed by atoms with Gasteiger partial charge < -0.3 is 15.8 Å². The highest BCUT2D eigenvalue weighted by Gasteiger charge is 2.45.